The quantitative estimate of drug-likeness (QED) is 0.880. The number of carboxylic acids is 1. The molecule has 0 saturated heterocycles. The average molecular weight is 262 g/mol. The Morgan fingerprint density at radius 1 is 1.28 bits per heavy atom. The highest BCUT2D eigenvalue weighted by atomic mass is 32.1. The summed E-state index contributed by atoms with van der Waals surface area (Å²) in [6.45, 7) is 0.368. The number of aromatic nitrogens is 1. The number of amides is 1. The van der Waals surface area contributed by atoms with Gasteiger partial charge in [-0.2, -0.15) is 0 Å². The van der Waals surface area contributed by atoms with Crippen LogP contribution in [0.4, 0.5) is 0 Å². The maximum Gasteiger partial charge on any atom is 0.345 e. The van der Waals surface area contributed by atoms with Crippen LogP contribution in [0.3, 0.4) is 0 Å². The lowest BCUT2D eigenvalue weighted by molar-refractivity contribution is 0.0702. The van der Waals surface area contributed by atoms with Crippen molar-refractivity contribution in [3.05, 3.63) is 52.0 Å². The summed E-state index contributed by atoms with van der Waals surface area (Å²) in [5, 5.41) is 11.5. The predicted molar refractivity (Wildman–Crippen MR) is 66.7 cm³/mol. The minimum atomic E-state index is -1.02. The van der Waals surface area contributed by atoms with Gasteiger partial charge in [-0.05, 0) is 23.8 Å². The lowest BCUT2D eigenvalue weighted by Crippen LogP contribution is -2.21. The lowest BCUT2D eigenvalue weighted by Gasteiger charge is -2.02. The van der Waals surface area contributed by atoms with E-state index in [4.69, 9.17) is 5.11 Å². The molecule has 92 valence electrons. The smallest absolute Gasteiger partial charge is 0.345 e. The second-order valence-electron chi connectivity index (χ2n) is 3.51. The van der Waals surface area contributed by atoms with Gasteiger partial charge in [-0.1, -0.05) is 6.07 Å². The van der Waals surface area contributed by atoms with E-state index in [1.165, 1.54) is 12.1 Å². The first-order valence-electron chi connectivity index (χ1n) is 5.17. The molecular formula is C12H10N2O3S. The van der Waals surface area contributed by atoms with E-state index in [2.05, 4.69) is 10.3 Å². The van der Waals surface area contributed by atoms with Gasteiger partial charge in [0.15, 0.2) is 0 Å². The third-order valence-electron chi connectivity index (χ3n) is 2.22. The summed E-state index contributed by atoms with van der Waals surface area (Å²) in [5.74, 6) is -1.30. The molecule has 2 N–H and O–H groups in total. The molecule has 0 aromatic carbocycles. The molecule has 0 bridgehead atoms. The fourth-order valence-corrected chi connectivity index (χ4v) is 2.11. The minimum absolute atomic E-state index is 0.154. The van der Waals surface area contributed by atoms with Crippen molar-refractivity contribution in [1.82, 2.24) is 10.3 Å². The third-order valence-corrected chi connectivity index (χ3v) is 3.29. The van der Waals surface area contributed by atoms with Gasteiger partial charge in [0.25, 0.3) is 5.91 Å². The van der Waals surface area contributed by atoms with Gasteiger partial charge in [0.2, 0.25) is 0 Å². The molecule has 0 aliphatic carbocycles. The lowest BCUT2D eigenvalue weighted by atomic mass is 10.3. The van der Waals surface area contributed by atoms with Crippen molar-refractivity contribution in [1.29, 1.82) is 0 Å². The SMILES string of the molecule is O=C(O)c1ccc(C(=O)NCc2cccnc2)s1. The minimum Gasteiger partial charge on any atom is -0.477 e. The largest absolute Gasteiger partial charge is 0.477 e. The van der Waals surface area contributed by atoms with Gasteiger partial charge in [0.05, 0.1) is 4.88 Å². The zero-order valence-corrected chi connectivity index (χ0v) is 10.1. The van der Waals surface area contributed by atoms with Crippen LogP contribution in [0.15, 0.2) is 36.7 Å². The van der Waals surface area contributed by atoms with Gasteiger partial charge >= 0.3 is 5.97 Å². The van der Waals surface area contributed by atoms with E-state index in [-0.39, 0.29) is 10.8 Å². The fourth-order valence-electron chi connectivity index (χ4n) is 1.35. The van der Waals surface area contributed by atoms with Gasteiger partial charge in [-0.3, -0.25) is 9.78 Å². The standard InChI is InChI=1S/C12H10N2O3S/c15-11(9-3-4-10(18-9)12(16)17)14-7-8-2-1-5-13-6-8/h1-6H,7H2,(H,14,15)(H,16,17). The van der Waals surface area contributed by atoms with E-state index >= 15 is 0 Å². The molecule has 2 aromatic rings. The summed E-state index contributed by atoms with van der Waals surface area (Å²) < 4.78 is 0. The maximum atomic E-state index is 11.7. The molecule has 18 heavy (non-hydrogen) atoms. The van der Waals surface area contributed by atoms with Gasteiger partial charge in [-0.25, -0.2) is 4.79 Å². The Morgan fingerprint density at radius 2 is 2.06 bits per heavy atom. The van der Waals surface area contributed by atoms with Crippen LogP contribution in [-0.2, 0) is 6.54 Å². The van der Waals surface area contributed by atoms with Crippen LogP contribution in [-0.4, -0.2) is 22.0 Å². The average Bonchev–Trinajstić information content (AvgIpc) is 2.87. The Bertz CT molecular complexity index is 566. The molecule has 2 aromatic heterocycles. The van der Waals surface area contributed by atoms with Crippen LogP contribution in [0, 0.1) is 0 Å². The Balaban J connectivity index is 1.97. The van der Waals surface area contributed by atoms with Crippen LogP contribution < -0.4 is 5.32 Å². The number of aromatic carboxylic acids is 1. The zero-order valence-electron chi connectivity index (χ0n) is 9.29. The number of nitrogens with one attached hydrogen (secondary N) is 1. The predicted octanol–water partition coefficient (Wildman–Crippen LogP) is 1.77. The van der Waals surface area contributed by atoms with Gasteiger partial charge in [0.1, 0.15) is 4.88 Å². The topological polar surface area (TPSA) is 79.3 Å². The number of thiophene rings is 1. The number of hydrogen-bond donors (Lipinski definition) is 2. The van der Waals surface area contributed by atoms with E-state index in [1.54, 1.807) is 18.5 Å². The van der Waals surface area contributed by atoms with Crippen molar-refractivity contribution in [2.45, 2.75) is 6.54 Å². The first-order chi connectivity index (χ1) is 8.66. The van der Waals surface area contributed by atoms with E-state index in [0.29, 0.717) is 11.4 Å². The normalized spacial score (nSPS) is 10.0. The highest BCUT2D eigenvalue weighted by Gasteiger charge is 2.12. The summed E-state index contributed by atoms with van der Waals surface area (Å²) in [6.07, 6.45) is 3.32. The second kappa shape index (κ2) is 5.42. The van der Waals surface area contributed by atoms with E-state index in [9.17, 15) is 9.59 Å². The molecule has 5 nitrogen and oxygen atoms in total. The Kier molecular flexibility index (Phi) is 3.69. The number of carboxylic acid groups (broad SMARTS) is 1. The van der Waals surface area contributed by atoms with Crippen molar-refractivity contribution in [3.63, 3.8) is 0 Å². The number of carbonyl (C=O) groups is 2. The van der Waals surface area contributed by atoms with Crippen LogP contribution in [0.25, 0.3) is 0 Å². The van der Waals surface area contributed by atoms with E-state index in [0.717, 1.165) is 16.9 Å². The molecule has 0 spiro atoms. The maximum absolute atomic E-state index is 11.7. The van der Waals surface area contributed by atoms with Crippen molar-refractivity contribution < 1.29 is 14.7 Å². The summed E-state index contributed by atoms with van der Waals surface area (Å²) in [7, 11) is 0. The first-order valence-corrected chi connectivity index (χ1v) is 5.98. The number of nitrogens with zero attached hydrogens (tertiary/aromatic N) is 1. The zero-order chi connectivity index (χ0) is 13.0. The molecule has 0 aliphatic heterocycles. The van der Waals surface area contributed by atoms with E-state index < -0.39 is 5.97 Å². The third kappa shape index (κ3) is 2.92. The molecule has 0 atom stereocenters. The van der Waals surface area contributed by atoms with Crippen LogP contribution >= 0.6 is 11.3 Å². The molecule has 0 saturated carbocycles. The van der Waals surface area contributed by atoms with Crippen LogP contribution in [0.5, 0.6) is 0 Å². The molecule has 2 rings (SSSR count). The van der Waals surface area contributed by atoms with Crippen molar-refractivity contribution >= 4 is 23.2 Å². The molecule has 2 heterocycles. The summed E-state index contributed by atoms with van der Waals surface area (Å²) >= 11 is 0.957. The molecule has 6 heteroatoms. The van der Waals surface area contributed by atoms with Crippen molar-refractivity contribution in [2.24, 2.45) is 0 Å². The molecule has 0 radical (unpaired) electrons. The molecule has 1 amide bonds. The summed E-state index contributed by atoms with van der Waals surface area (Å²) in [5.41, 5.74) is 0.890. The number of pyridine rings is 1. The molecule has 0 unspecified atom stereocenters. The van der Waals surface area contributed by atoms with Gasteiger partial charge in [-0.15, -0.1) is 11.3 Å². The fraction of sp³-hybridized carbons (Fsp3) is 0.0833. The Morgan fingerprint density at radius 3 is 2.67 bits per heavy atom. The first kappa shape index (κ1) is 12.3. The molecular weight excluding hydrogens is 252 g/mol. The Labute approximate surface area is 107 Å². The molecule has 0 fully saturated rings. The number of hydrogen-bond acceptors (Lipinski definition) is 4. The Hall–Kier alpha value is -2.21. The number of carbonyl (C=O) groups excluding carboxylic acids is 1. The molecule has 0 aliphatic rings. The van der Waals surface area contributed by atoms with Gasteiger partial charge in [0, 0.05) is 18.9 Å². The number of rotatable bonds is 4. The highest BCUT2D eigenvalue weighted by molar-refractivity contribution is 7.15. The highest BCUT2D eigenvalue weighted by Crippen LogP contribution is 2.16. The van der Waals surface area contributed by atoms with Crippen LogP contribution in [0.2, 0.25) is 0 Å². The van der Waals surface area contributed by atoms with Crippen molar-refractivity contribution in [2.75, 3.05) is 0 Å². The van der Waals surface area contributed by atoms with E-state index in [1.807, 2.05) is 6.07 Å². The van der Waals surface area contributed by atoms with Crippen molar-refractivity contribution in [3.8, 4) is 0 Å². The second-order valence-corrected chi connectivity index (χ2v) is 4.60. The summed E-state index contributed by atoms with van der Waals surface area (Å²) in [4.78, 5) is 26.9. The summed E-state index contributed by atoms with van der Waals surface area (Å²) in [6, 6.07) is 6.57. The monoisotopic (exact) mass is 262 g/mol. The van der Waals surface area contributed by atoms with Crippen LogP contribution in [0.1, 0.15) is 24.9 Å². The van der Waals surface area contributed by atoms with Gasteiger partial charge < -0.3 is 10.4 Å².